The molecule has 2 saturated heterocycles. The fourth-order valence-electron chi connectivity index (χ4n) is 5.82. The van der Waals surface area contributed by atoms with Gasteiger partial charge in [-0.15, -0.1) is 0 Å². The van der Waals surface area contributed by atoms with E-state index in [0.29, 0.717) is 13.1 Å². The summed E-state index contributed by atoms with van der Waals surface area (Å²) in [5.74, 6) is -1.46. The number of carbonyl (C=O) groups is 2. The molecule has 2 aliphatic heterocycles. The molecule has 0 aromatic heterocycles. The summed E-state index contributed by atoms with van der Waals surface area (Å²) in [6, 6.07) is 10.5. The van der Waals surface area contributed by atoms with Gasteiger partial charge in [0.2, 0.25) is 5.91 Å². The third kappa shape index (κ3) is 5.25. The Bertz CT molecular complexity index is 1100. The summed E-state index contributed by atoms with van der Waals surface area (Å²) in [4.78, 5) is 30.4. The summed E-state index contributed by atoms with van der Waals surface area (Å²) >= 11 is 0. The van der Waals surface area contributed by atoms with Gasteiger partial charge in [-0.05, 0) is 68.0 Å². The van der Waals surface area contributed by atoms with Crippen molar-refractivity contribution in [3.8, 4) is 0 Å². The van der Waals surface area contributed by atoms with Crippen molar-refractivity contribution < 1.29 is 18.4 Å². The number of benzene rings is 2. The lowest BCUT2D eigenvalue weighted by Gasteiger charge is -2.44. The van der Waals surface area contributed by atoms with E-state index in [0.717, 1.165) is 37.1 Å². The summed E-state index contributed by atoms with van der Waals surface area (Å²) in [6.07, 6.45) is 1.63. The first-order valence-corrected chi connectivity index (χ1v) is 12.4. The average molecular weight is 484 g/mol. The van der Waals surface area contributed by atoms with Gasteiger partial charge in [0, 0.05) is 32.1 Å². The Morgan fingerprint density at radius 1 is 1.09 bits per heavy atom. The van der Waals surface area contributed by atoms with Gasteiger partial charge in [-0.2, -0.15) is 0 Å². The number of likely N-dealkylation sites (N-methyl/N-ethyl adjacent to an activating group) is 1. The van der Waals surface area contributed by atoms with E-state index < -0.39 is 17.8 Å². The zero-order valence-electron chi connectivity index (χ0n) is 21.0. The molecule has 2 aromatic rings. The summed E-state index contributed by atoms with van der Waals surface area (Å²) in [7, 11) is 2.09. The molecule has 2 atom stereocenters. The van der Waals surface area contributed by atoms with E-state index in [9.17, 15) is 18.4 Å². The molecular formula is C28H35F2N3O2. The Hall–Kier alpha value is -2.80. The molecule has 2 aromatic carbocycles. The maximum atomic E-state index is 14.2. The molecular weight excluding hydrogens is 448 g/mol. The van der Waals surface area contributed by atoms with E-state index in [-0.39, 0.29) is 34.5 Å². The Labute approximate surface area is 206 Å². The number of likely N-dealkylation sites (tertiary alicyclic amines) is 2. The van der Waals surface area contributed by atoms with Crippen LogP contribution in [0.25, 0.3) is 0 Å². The third-order valence-electron chi connectivity index (χ3n) is 7.73. The van der Waals surface area contributed by atoms with Crippen molar-refractivity contribution in [1.29, 1.82) is 0 Å². The first-order valence-electron chi connectivity index (χ1n) is 12.4. The molecule has 4 rings (SSSR count). The zero-order chi connectivity index (χ0) is 25.3. The Kier molecular flexibility index (Phi) is 7.27. The van der Waals surface area contributed by atoms with E-state index in [1.807, 2.05) is 24.8 Å². The van der Waals surface area contributed by atoms with Crippen molar-refractivity contribution in [1.82, 2.24) is 15.1 Å². The van der Waals surface area contributed by atoms with E-state index in [1.54, 1.807) is 25.1 Å². The fraction of sp³-hybridized carbons (Fsp3) is 0.500. The van der Waals surface area contributed by atoms with Crippen LogP contribution < -0.4 is 5.32 Å². The van der Waals surface area contributed by atoms with Gasteiger partial charge in [0.25, 0.3) is 5.91 Å². The van der Waals surface area contributed by atoms with Gasteiger partial charge in [0.1, 0.15) is 17.7 Å². The highest BCUT2D eigenvalue weighted by atomic mass is 19.1. The molecule has 0 bridgehead atoms. The number of nitrogens with zero attached hydrogens (tertiary/aromatic N) is 2. The molecule has 7 heteroatoms. The standard InChI is InChI=1S/C28H35F2N3O2/c1-18(2)25(31-26(34)22-14-19(3)8-9-24(22)30)27(35)33-12-10-28(11-13-33)17-32(4)16-23(28)20-6-5-7-21(29)15-20/h5-9,14-15,18,23,25H,10-13,16-17H2,1-4H3,(H,31,34)/t23?,25-/m1/s1. The number of amides is 2. The SMILES string of the molecule is Cc1ccc(F)c(C(=O)N[C@@H](C(=O)N2CCC3(CC2)CN(C)CC3c2cccc(F)c2)C(C)C)c1. The predicted molar refractivity (Wildman–Crippen MR) is 132 cm³/mol. The third-order valence-corrected chi connectivity index (χ3v) is 7.73. The van der Waals surface area contributed by atoms with Gasteiger partial charge in [0.05, 0.1) is 5.56 Å². The molecule has 1 N–H and O–H groups in total. The summed E-state index contributed by atoms with van der Waals surface area (Å²) < 4.78 is 28.2. The number of hydrogen-bond acceptors (Lipinski definition) is 3. The highest BCUT2D eigenvalue weighted by Crippen LogP contribution is 2.49. The van der Waals surface area contributed by atoms with Crippen LogP contribution in [0, 0.1) is 29.9 Å². The molecule has 1 unspecified atom stereocenters. The van der Waals surface area contributed by atoms with Gasteiger partial charge in [-0.1, -0.05) is 37.6 Å². The largest absolute Gasteiger partial charge is 0.341 e. The molecule has 0 aliphatic carbocycles. The lowest BCUT2D eigenvalue weighted by atomic mass is 9.68. The minimum absolute atomic E-state index is 0.0133. The van der Waals surface area contributed by atoms with Crippen molar-refractivity contribution in [2.45, 2.75) is 45.6 Å². The molecule has 2 heterocycles. The number of hydrogen-bond donors (Lipinski definition) is 1. The Morgan fingerprint density at radius 2 is 1.80 bits per heavy atom. The molecule has 0 saturated carbocycles. The number of rotatable bonds is 5. The normalized spacial score (nSPS) is 20.9. The topological polar surface area (TPSA) is 52.7 Å². The predicted octanol–water partition coefficient (Wildman–Crippen LogP) is 4.37. The molecule has 1 spiro atoms. The number of carbonyl (C=O) groups excluding carboxylic acids is 2. The van der Waals surface area contributed by atoms with Crippen molar-refractivity contribution in [2.24, 2.45) is 11.3 Å². The van der Waals surface area contributed by atoms with Gasteiger partial charge in [-0.25, -0.2) is 8.78 Å². The van der Waals surface area contributed by atoms with Crippen LogP contribution in [0.15, 0.2) is 42.5 Å². The lowest BCUT2D eigenvalue weighted by Crippen LogP contribution is -2.54. The number of halogens is 2. The molecule has 0 radical (unpaired) electrons. The molecule has 188 valence electrons. The van der Waals surface area contributed by atoms with Gasteiger partial charge >= 0.3 is 0 Å². The number of piperidine rings is 1. The maximum Gasteiger partial charge on any atom is 0.254 e. The second-order valence-corrected chi connectivity index (χ2v) is 10.7. The van der Waals surface area contributed by atoms with Crippen molar-refractivity contribution >= 4 is 11.8 Å². The Morgan fingerprint density at radius 3 is 2.46 bits per heavy atom. The van der Waals surface area contributed by atoms with Crippen LogP contribution in [0.1, 0.15) is 54.1 Å². The van der Waals surface area contributed by atoms with Crippen LogP contribution in [-0.4, -0.2) is 60.9 Å². The number of nitrogens with one attached hydrogen (secondary N) is 1. The van der Waals surface area contributed by atoms with Crippen molar-refractivity contribution in [3.05, 3.63) is 70.8 Å². The van der Waals surface area contributed by atoms with E-state index in [4.69, 9.17) is 0 Å². The molecule has 2 aliphatic rings. The van der Waals surface area contributed by atoms with E-state index >= 15 is 0 Å². The summed E-state index contributed by atoms with van der Waals surface area (Å²) in [5.41, 5.74) is 1.73. The highest BCUT2D eigenvalue weighted by molar-refractivity contribution is 5.98. The monoisotopic (exact) mass is 483 g/mol. The molecule has 2 amide bonds. The lowest BCUT2D eigenvalue weighted by molar-refractivity contribution is -0.136. The van der Waals surface area contributed by atoms with Crippen LogP contribution >= 0.6 is 0 Å². The first kappa shape index (κ1) is 25.3. The zero-order valence-corrected chi connectivity index (χ0v) is 21.0. The van der Waals surface area contributed by atoms with E-state index in [1.165, 1.54) is 18.2 Å². The molecule has 2 fully saturated rings. The minimum Gasteiger partial charge on any atom is -0.341 e. The second kappa shape index (κ2) is 10.1. The van der Waals surface area contributed by atoms with E-state index in [2.05, 4.69) is 17.3 Å². The van der Waals surface area contributed by atoms with Crippen molar-refractivity contribution in [3.63, 3.8) is 0 Å². The van der Waals surface area contributed by atoms with Gasteiger partial charge in [0.15, 0.2) is 0 Å². The summed E-state index contributed by atoms with van der Waals surface area (Å²) in [5, 5.41) is 2.79. The number of aryl methyl sites for hydroxylation is 1. The fourth-order valence-corrected chi connectivity index (χ4v) is 5.82. The van der Waals surface area contributed by atoms with Crippen LogP contribution in [-0.2, 0) is 4.79 Å². The van der Waals surface area contributed by atoms with Crippen LogP contribution in [0.3, 0.4) is 0 Å². The summed E-state index contributed by atoms with van der Waals surface area (Å²) in [6.45, 7) is 8.49. The molecule has 5 nitrogen and oxygen atoms in total. The maximum absolute atomic E-state index is 14.2. The van der Waals surface area contributed by atoms with Gasteiger partial charge < -0.3 is 15.1 Å². The minimum atomic E-state index is -0.735. The van der Waals surface area contributed by atoms with Gasteiger partial charge in [-0.3, -0.25) is 9.59 Å². The average Bonchev–Trinajstić information content (AvgIpc) is 3.14. The Balaban J connectivity index is 1.46. The van der Waals surface area contributed by atoms with Crippen molar-refractivity contribution in [2.75, 3.05) is 33.2 Å². The quantitative estimate of drug-likeness (QED) is 0.687. The molecule has 35 heavy (non-hydrogen) atoms. The highest BCUT2D eigenvalue weighted by Gasteiger charge is 2.48. The second-order valence-electron chi connectivity index (χ2n) is 10.7. The smallest absolute Gasteiger partial charge is 0.254 e. The first-order chi connectivity index (χ1) is 16.6. The van der Waals surface area contributed by atoms with Crippen LogP contribution in [0.2, 0.25) is 0 Å². The van der Waals surface area contributed by atoms with Crippen LogP contribution in [0.5, 0.6) is 0 Å². The van der Waals surface area contributed by atoms with Crippen LogP contribution in [0.4, 0.5) is 8.78 Å².